The van der Waals surface area contributed by atoms with Crippen molar-refractivity contribution in [1.29, 1.82) is 5.41 Å². The molecule has 3 aromatic heterocycles. The molecule has 0 bridgehead atoms. The van der Waals surface area contributed by atoms with E-state index in [4.69, 9.17) is 17.0 Å². The predicted molar refractivity (Wildman–Crippen MR) is 111 cm³/mol. The fourth-order valence-electron chi connectivity index (χ4n) is 3.62. The lowest BCUT2D eigenvalue weighted by Crippen LogP contribution is -2.20. The molecule has 0 aliphatic carbocycles. The van der Waals surface area contributed by atoms with Crippen molar-refractivity contribution in [3.8, 4) is 16.8 Å². The highest BCUT2D eigenvalue weighted by Crippen LogP contribution is 2.30. The van der Waals surface area contributed by atoms with Crippen LogP contribution in [0, 0.1) is 5.41 Å². The van der Waals surface area contributed by atoms with Gasteiger partial charge in [0.1, 0.15) is 0 Å². The van der Waals surface area contributed by atoms with E-state index in [1.165, 1.54) is 0 Å². The molecule has 0 atom stereocenters. The Kier molecular flexibility index (Phi) is 3.64. The smallest absolute Gasteiger partial charge is 0.207 e. The number of hydrogen-bond donors (Lipinski definition) is 1. The lowest BCUT2D eigenvalue weighted by atomic mass is 10.0. The molecule has 0 amide bonds. The van der Waals surface area contributed by atoms with Crippen molar-refractivity contribution in [2.75, 3.05) is 0 Å². The number of pyridine rings is 1. The Morgan fingerprint density at radius 1 is 0.964 bits per heavy atom. The minimum atomic E-state index is 0.370. The van der Waals surface area contributed by atoms with E-state index in [0.29, 0.717) is 10.6 Å². The summed E-state index contributed by atoms with van der Waals surface area (Å²) in [6, 6.07) is 14.0. The zero-order valence-corrected chi connectivity index (χ0v) is 16.1. The molecule has 0 spiro atoms. The van der Waals surface area contributed by atoms with Gasteiger partial charge in [0.05, 0.1) is 34.6 Å². The predicted octanol–water partition coefficient (Wildman–Crippen LogP) is 4.05. The van der Waals surface area contributed by atoms with Crippen LogP contribution in [0.25, 0.3) is 38.8 Å². The monoisotopic (exact) mass is 388 g/mol. The van der Waals surface area contributed by atoms with Crippen LogP contribution in [-0.2, 0) is 14.1 Å². The molecule has 28 heavy (non-hydrogen) atoms. The largest absolute Gasteiger partial charge is 0.312 e. The molecule has 3 heterocycles. The summed E-state index contributed by atoms with van der Waals surface area (Å²) in [5.74, 6) is 0. The van der Waals surface area contributed by atoms with Gasteiger partial charge in [-0.05, 0) is 35.4 Å². The summed E-state index contributed by atoms with van der Waals surface area (Å²) in [6.45, 7) is 0. The van der Waals surface area contributed by atoms with Crippen LogP contribution in [-0.4, -0.2) is 23.9 Å². The first-order chi connectivity index (χ1) is 13.5. The summed E-state index contributed by atoms with van der Waals surface area (Å²) in [4.78, 5) is 4.61. The van der Waals surface area contributed by atoms with Crippen LogP contribution < -0.4 is 5.62 Å². The van der Waals surface area contributed by atoms with Gasteiger partial charge in [-0.15, -0.1) is 0 Å². The molecule has 2 aromatic carbocycles. The first-order valence-electron chi connectivity index (χ1n) is 8.83. The zero-order valence-electron chi connectivity index (χ0n) is 15.4. The molecule has 0 radical (unpaired) electrons. The Labute approximate surface area is 165 Å². The van der Waals surface area contributed by atoms with E-state index in [1.54, 1.807) is 10.9 Å². The van der Waals surface area contributed by atoms with E-state index in [1.807, 2.05) is 66.0 Å². The molecule has 5 rings (SSSR count). The average molecular weight is 389 g/mol. The molecular formula is C21H17ClN6. The van der Waals surface area contributed by atoms with Crippen molar-refractivity contribution in [2.24, 2.45) is 14.1 Å². The standard InChI is InChI=1S/C21H17ClN6/c1-26-12-16(10-25-26)28-20-17-9-14(13-3-6-15(22)7-4-13)5-8-18(17)24-11-19(20)27(2)21(28)23/h3-12,23H,1-2H3. The number of fused-ring (bicyclic) bond motifs is 3. The molecule has 0 saturated carbocycles. The summed E-state index contributed by atoms with van der Waals surface area (Å²) in [5.41, 5.74) is 6.10. The van der Waals surface area contributed by atoms with Gasteiger partial charge in [0.25, 0.3) is 0 Å². The average Bonchev–Trinajstić information content (AvgIpc) is 3.23. The van der Waals surface area contributed by atoms with Crippen LogP contribution in [0.3, 0.4) is 0 Å². The highest BCUT2D eigenvalue weighted by Gasteiger charge is 2.16. The van der Waals surface area contributed by atoms with Gasteiger partial charge in [-0.3, -0.25) is 19.6 Å². The van der Waals surface area contributed by atoms with Gasteiger partial charge in [-0.1, -0.05) is 29.8 Å². The summed E-state index contributed by atoms with van der Waals surface area (Å²) < 4.78 is 5.49. The van der Waals surface area contributed by atoms with Gasteiger partial charge in [0.15, 0.2) is 0 Å². The molecule has 0 saturated heterocycles. The second kappa shape index (κ2) is 6.07. The van der Waals surface area contributed by atoms with Crippen molar-refractivity contribution >= 4 is 33.5 Å². The number of rotatable bonds is 2. The van der Waals surface area contributed by atoms with E-state index < -0.39 is 0 Å². The molecule has 6 nitrogen and oxygen atoms in total. The number of nitrogens with one attached hydrogen (secondary N) is 1. The molecule has 1 N–H and O–H groups in total. The Balaban J connectivity index is 1.87. The van der Waals surface area contributed by atoms with E-state index in [-0.39, 0.29) is 0 Å². The third-order valence-corrected chi connectivity index (χ3v) is 5.31. The summed E-state index contributed by atoms with van der Waals surface area (Å²) in [5, 5.41) is 14.6. The maximum absolute atomic E-state index is 8.63. The second-order valence-corrected chi connectivity index (χ2v) is 7.26. The topological polar surface area (TPSA) is 64.4 Å². The molecular weight excluding hydrogens is 372 g/mol. The highest BCUT2D eigenvalue weighted by molar-refractivity contribution is 6.30. The van der Waals surface area contributed by atoms with Gasteiger partial charge >= 0.3 is 0 Å². The Morgan fingerprint density at radius 2 is 1.71 bits per heavy atom. The lowest BCUT2D eigenvalue weighted by Gasteiger charge is -2.07. The number of aromatic nitrogens is 5. The van der Waals surface area contributed by atoms with E-state index >= 15 is 0 Å². The zero-order chi connectivity index (χ0) is 19.4. The van der Waals surface area contributed by atoms with Gasteiger partial charge in [0.2, 0.25) is 5.62 Å². The number of hydrogen-bond acceptors (Lipinski definition) is 3. The normalized spacial score (nSPS) is 11.5. The number of nitrogens with zero attached hydrogens (tertiary/aromatic N) is 5. The van der Waals surface area contributed by atoms with Crippen LogP contribution >= 0.6 is 11.6 Å². The highest BCUT2D eigenvalue weighted by atomic mass is 35.5. The quantitative estimate of drug-likeness (QED) is 0.495. The number of halogens is 1. The molecule has 138 valence electrons. The molecule has 0 fully saturated rings. The summed E-state index contributed by atoms with van der Waals surface area (Å²) in [6.07, 6.45) is 5.50. The second-order valence-electron chi connectivity index (χ2n) is 6.82. The van der Waals surface area contributed by atoms with Crippen LogP contribution in [0.15, 0.2) is 61.1 Å². The minimum absolute atomic E-state index is 0.370. The molecule has 7 heteroatoms. The maximum atomic E-state index is 8.63. The van der Waals surface area contributed by atoms with Gasteiger partial charge in [-0.25, -0.2) is 0 Å². The van der Waals surface area contributed by atoms with E-state index in [0.717, 1.165) is 38.8 Å². The van der Waals surface area contributed by atoms with Crippen molar-refractivity contribution in [2.45, 2.75) is 0 Å². The third-order valence-electron chi connectivity index (χ3n) is 5.06. The van der Waals surface area contributed by atoms with Crippen LogP contribution in [0.2, 0.25) is 5.02 Å². The van der Waals surface area contributed by atoms with Crippen molar-refractivity contribution in [3.05, 3.63) is 71.7 Å². The van der Waals surface area contributed by atoms with Crippen LogP contribution in [0.4, 0.5) is 0 Å². The Morgan fingerprint density at radius 3 is 2.43 bits per heavy atom. The minimum Gasteiger partial charge on any atom is -0.312 e. The van der Waals surface area contributed by atoms with Crippen molar-refractivity contribution in [1.82, 2.24) is 23.9 Å². The van der Waals surface area contributed by atoms with Gasteiger partial charge in [0, 0.05) is 30.7 Å². The Bertz CT molecular complexity index is 1410. The molecule has 0 unspecified atom stereocenters. The van der Waals surface area contributed by atoms with E-state index in [2.05, 4.69) is 22.2 Å². The number of aryl methyl sites for hydroxylation is 2. The van der Waals surface area contributed by atoms with Crippen LogP contribution in [0.5, 0.6) is 0 Å². The van der Waals surface area contributed by atoms with Gasteiger partial charge in [-0.2, -0.15) is 5.10 Å². The number of benzene rings is 2. The SMILES string of the molecule is Cn1cc(-n2c(=N)n(C)c3cnc4ccc(-c5ccc(Cl)cc5)cc4c32)cn1. The fraction of sp³-hybridized carbons (Fsp3) is 0.0952. The molecule has 0 aliphatic rings. The van der Waals surface area contributed by atoms with Crippen LogP contribution in [0.1, 0.15) is 0 Å². The lowest BCUT2D eigenvalue weighted by molar-refractivity contribution is 0.764. The summed E-state index contributed by atoms with van der Waals surface area (Å²) >= 11 is 6.04. The fourth-order valence-corrected chi connectivity index (χ4v) is 3.74. The summed E-state index contributed by atoms with van der Waals surface area (Å²) in [7, 11) is 3.76. The number of imidazole rings is 1. The first-order valence-corrected chi connectivity index (χ1v) is 9.20. The van der Waals surface area contributed by atoms with Gasteiger partial charge < -0.3 is 4.57 Å². The first kappa shape index (κ1) is 16.8. The Hall–Kier alpha value is -3.38. The molecule has 5 aromatic rings. The van der Waals surface area contributed by atoms with Crippen molar-refractivity contribution in [3.63, 3.8) is 0 Å². The maximum Gasteiger partial charge on any atom is 0.207 e. The third kappa shape index (κ3) is 2.46. The van der Waals surface area contributed by atoms with E-state index in [9.17, 15) is 0 Å². The molecule has 0 aliphatic heterocycles. The van der Waals surface area contributed by atoms with Crippen molar-refractivity contribution < 1.29 is 0 Å².